The summed E-state index contributed by atoms with van der Waals surface area (Å²) in [6.45, 7) is 7.61. The zero-order chi connectivity index (χ0) is 12.8. The van der Waals surface area contributed by atoms with E-state index in [1.807, 2.05) is 0 Å². The third kappa shape index (κ3) is 3.74. The molecule has 0 spiro atoms. The standard InChI is InChI=1S/C16H25NO/c1-3-17-10-8-13(2)4-5-14-6-7-16-15(12-14)9-11-18-16/h6-7,12-13,17H,3-5,8-11H2,1-2H3. The minimum Gasteiger partial charge on any atom is -0.493 e. The van der Waals surface area contributed by atoms with E-state index < -0.39 is 0 Å². The van der Waals surface area contributed by atoms with E-state index in [4.69, 9.17) is 4.74 Å². The maximum atomic E-state index is 5.54. The number of aryl methyl sites for hydroxylation is 1. The number of rotatable bonds is 7. The highest BCUT2D eigenvalue weighted by atomic mass is 16.5. The quantitative estimate of drug-likeness (QED) is 0.747. The molecule has 1 heterocycles. The Morgan fingerprint density at radius 3 is 3.06 bits per heavy atom. The molecule has 2 nitrogen and oxygen atoms in total. The second-order valence-corrected chi connectivity index (χ2v) is 5.33. The van der Waals surface area contributed by atoms with E-state index in [-0.39, 0.29) is 0 Å². The molecule has 18 heavy (non-hydrogen) atoms. The Labute approximate surface area is 111 Å². The fraction of sp³-hybridized carbons (Fsp3) is 0.625. The Bertz CT molecular complexity index is 375. The first kappa shape index (κ1) is 13.4. The van der Waals surface area contributed by atoms with Crippen molar-refractivity contribution in [2.75, 3.05) is 19.7 Å². The lowest BCUT2D eigenvalue weighted by molar-refractivity contribution is 0.357. The van der Waals surface area contributed by atoms with Crippen LogP contribution in [0.4, 0.5) is 0 Å². The van der Waals surface area contributed by atoms with Crippen LogP contribution in [-0.4, -0.2) is 19.7 Å². The molecule has 0 amide bonds. The van der Waals surface area contributed by atoms with Gasteiger partial charge in [0.2, 0.25) is 0 Å². The minimum absolute atomic E-state index is 0.800. The van der Waals surface area contributed by atoms with Gasteiger partial charge in [-0.3, -0.25) is 0 Å². The molecule has 2 heteroatoms. The summed E-state index contributed by atoms with van der Waals surface area (Å²) in [5, 5.41) is 3.39. The van der Waals surface area contributed by atoms with E-state index in [9.17, 15) is 0 Å². The molecule has 0 saturated heterocycles. The van der Waals surface area contributed by atoms with Gasteiger partial charge in [0.05, 0.1) is 6.61 Å². The van der Waals surface area contributed by atoms with Crippen LogP contribution in [0, 0.1) is 5.92 Å². The van der Waals surface area contributed by atoms with Crippen molar-refractivity contribution in [3.05, 3.63) is 29.3 Å². The van der Waals surface area contributed by atoms with Crippen molar-refractivity contribution in [2.24, 2.45) is 5.92 Å². The summed E-state index contributed by atoms with van der Waals surface area (Å²) in [6.07, 6.45) is 4.84. The molecule has 0 aliphatic carbocycles. The fourth-order valence-electron chi connectivity index (χ4n) is 2.48. The second kappa shape index (κ2) is 6.79. The van der Waals surface area contributed by atoms with E-state index in [1.165, 1.54) is 30.4 Å². The molecule has 0 fully saturated rings. The van der Waals surface area contributed by atoms with Crippen LogP contribution in [0.1, 0.15) is 37.8 Å². The van der Waals surface area contributed by atoms with Gasteiger partial charge >= 0.3 is 0 Å². The summed E-state index contributed by atoms with van der Waals surface area (Å²) in [6, 6.07) is 6.70. The van der Waals surface area contributed by atoms with Gasteiger partial charge in [-0.2, -0.15) is 0 Å². The normalized spacial score (nSPS) is 15.2. The highest BCUT2D eigenvalue weighted by Gasteiger charge is 2.12. The lowest BCUT2D eigenvalue weighted by Gasteiger charge is -2.12. The lowest BCUT2D eigenvalue weighted by Crippen LogP contribution is -2.16. The Morgan fingerprint density at radius 1 is 1.33 bits per heavy atom. The minimum atomic E-state index is 0.800. The van der Waals surface area contributed by atoms with Crippen LogP contribution in [0.3, 0.4) is 0 Å². The molecule has 1 atom stereocenters. The zero-order valence-corrected chi connectivity index (χ0v) is 11.7. The van der Waals surface area contributed by atoms with Crippen molar-refractivity contribution in [1.29, 1.82) is 0 Å². The van der Waals surface area contributed by atoms with Crippen molar-refractivity contribution in [1.82, 2.24) is 5.32 Å². The zero-order valence-electron chi connectivity index (χ0n) is 11.7. The molecule has 0 radical (unpaired) electrons. The molecule has 1 aromatic rings. The number of nitrogens with one attached hydrogen (secondary N) is 1. The van der Waals surface area contributed by atoms with Crippen molar-refractivity contribution in [3.63, 3.8) is 0 Å². The van der Waals surface area contributed by atoms with Crippen molar-refractivity contribution in [2.45, 2.75) is 39.5 Å². The maximum Gasteiger partial charge on any atom is 0.122 e. The number of ether oxygens (including phenoxy) is 1. The number of fused-ring (bicyclic) bond motifs is 1. The van der Waals surface area contributed by atoms with E-state index >= 15 is 0 Å². The van der Waals surface area contributed by atoms with Crippen molar-refractivity contribution >= 4 is 0 Å². The van der Waals surface area contributed by atoms with Crippen molar-refractivity contribution < 1.29 is 4.74 Å². The van der Waals surface area contributed by atoms with Crippen LogP contribution in [0.2, 0.25) is 0 Å². The van der Waals surface area contributed by atoms with E-state index in [0.717, 1.165) is 37.8 Å². The highest BCUT2D eigenvalue weighted by molar-refractivity contribution is 5.39. The smallest absolute Gasteiger partial charge is 0.122 e. The summed E-state index contributed by atoms with van der Waals surface area (Å²) in [5.74, 6) is 1.90. The first-order valence-corrected chi connectivity index (χ1v) is 7.25. The summed E-state index contributed by atoms with van der Waals surface area (Å²) >= 11 is 0. The van der Waals surface area contributed by atoms with Gasteiger partial charge in [0.25, 0.3) is 0 Å². The maximum absolute atomic E-state index is 5.54. The van der Waals surface area contributed by atoms with Crippen LogP contribution in [0.15, 0.2) is 18.2 Å². The predicted molar refractivity (Wildman–Crippen MR) is 76.3 cm³/mol. The summed E-state index contributed by atoms with van der Waals surface area (Å²) in [5.41, 5.74) is 2.86. The summed E-state index contributed by atoms with van der Waals surface area (Å²) in [7, 11) is 0. The molecule has 1 aliphatic heterocycles. The average Bonchev–Trinajstić information content (AvgIpc) is 2.84. The Kier molecular flexibility index (Phi) is 5.06. The first-order chi connectivity index (χ1) is 8.79. The van der Waals surface area contributed by atoms with Crippen molar-refractivity contribution in [3.8, 4) is 5.75 Å². The fourth-order valence-corrected chi connectivity index (χ4v) is 2.48. The SMILES string of the molecule is CCNCCC(C)CCc1ccc2c(c1)CCO2. The number of hydrogen-bond donors (Lipinski definition) is 1. The Hall–Kier alpha value is -1.02. The van der Waals surface area contributed by atoms with Gasteiger partial charge in [0, 0.05) is 6.42 Å². The molecule has 1 unspecified atom stereocenters. The van der Waals surface area contributed by atoms with Crippen LogP contribution in [0.25, 0.3) is 0 Å². The largest absolute Gasteiger partial charge is 0.493 e. The van der Waals surface area contributed by atoms with Gasteiger partial charge in [-0.05, 0) is 55.5 Å². The lowest BCUT2D eigenvalue weighted by atomic mass is 9.97. The summed E-state index contributed by atoms with van der Waals surface area (Å²) in [4.78, 5) is 0. The molecule has 100 valence electrons. The first-order valence-electron chi connectivity index (χ1n) is 7.25. The third-order valence-electron chi connectivity index (χ3n) is 3.74. The molecule has 1 N–H and O–H groups in total. The molecule has 2 rings (SSSR count). The monoisotopic (exact) mass is 247 g/mol. The molecule has 1 aliphatic rings. The highest BCUT2D eigenvalue weighted by Crippen LogP contribution is 2.26. The van der Waals surface area contributed by atoms with Crippen LogP contribution < -0.4 is 10.1 Å². The van der Waals surface area contributed by atoms with Crippen LogP contribution >= 0.6 is 0 Å². The molecule has 1 aromatic carbocycles. The van der Waals surface area contributed by atoms with Gasteiger partial charge < -0.3 is 10.1 Å². The number of benzene rings is 1. The van der Waals surface area contributed by atoms with E-state index in [2.05, 4.69) is 37.4 Å². The molecule has 0 bridgehead atoms. The van der Waals surface area contributed by atoms with Crippen LogP contribution in [0.5, 0.6) is 5.75 Å². The Balaban J connectivity index is 1.76. The molecule has 0 saturated carbocycles. The Morgan fingerprint density at radius 2 is 2.22 bits per heavy atom. The summed E-state index contributed by atoms with van der Waals surface area (Å²) < 4.78 is 5.54. The van der Waals surface area contributed by atoms with Gasteiger partial charge in [-0.25, -0.2) is 0 Å². The predicted octanol–water partition coefficient (Wildman–Crippen LogP) is 3.19. The topological polar surface area (TPSA) is 21.3 Å². The van der Waals surface area contributed by atoms with Gasteiger partial charge in [-0.15, -0.1) is 0 Å². The van der Waals surface area contributed by atoms with Gasteiger partial charge in [-0.1, -0.05) is 26.0 Å². The van der Waals surface area contributed by atoms with Gasteiger partial charge in [0.15, 0.2) is 0 Å². The molecule has 0 aromatic heterocycles. The van der Waals surface area contributed by atoms with E-state index in [1.54, 1.807) is 0 Å². The van der Waals surface area contributed by atoms with Crippen LogP contribution in [-0.2, 0) is 12.8 Å². The van der Waals surface area contributed by atoms with Gasteiger partial charge in [0.1, 0.15) is 5.75 Å². The molecular formula is C16H25NO. The van der Waals surface area contributed by atoms with E-state index in [0.29, 0.717) is 0 Å². The number of hydrogen-bond acceptors (Lipinski definition) is 2. The second-order valence-electron chi connectivity index (χ2n) is 5.33. The molecular weight excluding hydrogens is 222 g/mol. The third-order valence-corrected chi connectivity index (χ3v) is 3.74. The average molecular weight is 247 g/mol.